The zero-order chi connectivity index (χ0) is 21.3. The Bertz CT molecular complexity index is 1030. The van der Waals surface area contributed by atoms with Crippen molar-refractivity contribution in [2.75, 3.05) is 18.0 Å². The van der Waals surface area contributed by atoms with Crippen LogP contribution >= 0.6 is 24.0 Å². The Balaban J connectivity index is 1.56. The second-order valence-corrected chi connectivity index (χ2v) is 8.91. The van der Waals surface area contributed by atoms with E-state index < -0.39 is 0 Å². The summed E-state index contributed by atoms with van der Waals surface area (Å²) in [4.78, 5) is 21.1. The molecule has 2 fully saturated rings. The third kappa shape index (κ3) is 4.26. The number of thioether (sulfide) groups is 1. The third-order valence-corrected chi connectivity index (χ3v) is 6.13. The van der Waals surface area contributed by atoms with E-state index in [1.165, 1.54) is 11.8 Å². The number of morpholine rings is 1. The first-order valence-corrected chi connectivity index (χ1v) is 10.8. The smallest absolute Gasteiger partial charge is 0.266 e. The predicted octanol–water partition coefficient (Wildman–Crippen LogP) is 3.56. The first-order valence-electron chi connectivity index (χ1n) is 9.55. The van der Waals surface area contributed by atoms with Crippen molar-refractivity contribution in [2.45, 2.75) is 32.6 Å². The van der Waals surface area contributed by atoms with E-state index in [2.05, 4.69) is 11.1 Å². The van der Waals surface area contributed by atoms with Gasteiger partial charge >= 0.3 is 0 Å². The highest BCUT2D eigenvalue weighted by Crippen LogP contribution is 2.34. The van der Waals surface area contributed by atoms with Crippen molar-refractivity contribution >= 4 is 46.2 Å². The van der Waals surface area contributed by atoms with Crippen LogP contribution in [0.5, 0.6) is 0 Å². The van der Waals surface area contributed by atoms with E-state index in [-0.39, 0.29) is 29.7 Å². The normalized spacial score (nSPS) is 23.3. The van der Waals surface area contributed by atoms with Crippen LogP contribution in [0.25, 0.3) is 6.08 Å². The molecule has 2 atom stereocenters. The van der Waals surface area contributed by atoms with Gasteiger partial charge in [-0.25, -0.2) is 0 Å². The fourth-order valence-electron chi connectivity index (χ4n) is 3.54. The second kappa shape index (κ2) is 8.60. The standard InChI is InChI=1S/C21H20N4O3S2/c1-13-10-24(11-14(2)27-13)20-16(9-22)23-18(28-20)8-17-19(26)25(21(29)30-17)12-15-6-4-3-5-7-15/h3-8,13-14H,10-12H2,1-2H3/b17-8+. The van der Waals surface area contributed by atoms with Crippen molar-refractivity contribution in [3.63, 3.8) is 0 Å². The Hall–Kier alpha value is -2.67. The Morgan fingerprint density at radius 1 is 1.30 bits per heavy atom. The van der Waals surface area contributed by atoms with Crippen molar-refractivity contribution in [3.05, 3.63) is 52.4 Å². The Kier molecular flexibility index (Phi) is 5.90. The number of nitrogens with zero attached hydrogens (tertiary/aromatic N) is 4. The molecular formula is C21H20N4O3S2. The molecule has 0 aliphatic carbocycles. The van der Waals surface area contributed by atoms with Crippen LogP contribution in [0.1, 0.15) is 31.0 Å². The first kappa shape index (κ1) is 20.6. The minimum Gasteiger partial charge on any atom is -0.420 e. The van der Waals surface area contributed by atoms with Gasteiger partial charge < -0.3 is 14.1 Å². The summed E-state index contributed by atoms with van der Waals surface area (Å²) in [6.07, 6.45) is 1.59. The monoisotopic (exact) mass is 440 g/mol. The van der Waals surface area contributed by atoms with Crippen molar-refractivity contribution in [2.24, 2.45) is 0 Å². The summed E-state index contributed by atoms with van der Waals surface area (Å²) < 4.78 is 12.1. The van der Waals surface area contributed by atoms with Gasteiger partial charge in [0.2, 0.25) is 17.5 Å². The highest BCUT2D eigenvalue weighted by Gasteiger charge is 2.33. The van der Waals surface area contributed by atoms with Gasteiger partial charge in [0.15, 0.2) is 0 Å². The zero-order valence-electron chi connectivity index (χ0n) is 16.6. The average Bonchev–Trinajstić information content (AvgIpc) is 3.24. The van der Waals surface area contributed by atoms with Crippen molar-refractivity contribution < 1.29 is 13.9 Å². The van der Waals surface area contributed by atoms with Crippen LogP contribution in [0, 0.1) is 11.3 Å². The van der Waals surface area contributed by atoms with E-state index in [1.54, 1.807) is 11.0 Å². The van der Waals surface area contributed by atoms with Crippen LogP contribution in [0.4, 0.5) is 5.88 Å². The van der Waals surface area contributed by atoms with E-state index >= 15 is 0 Å². The molecule has 7 nitrogen and oxygen atoms in total. The van der Waals surface area contributed by atoms with E-state index in [4.69, 9.17) is 21.4 Å². The molecule has 0 N–H and O–H groups in total. The summed E-state index contributed by atoms with van der Waals surface area (Å²) in [5.41, 5.74) is 1.19. The predicted molar refractivity (Wildman–Crippen MR) is 119 cm³/mol. The van der Waals surface area contributed by atoms with Crippen LogP contribution in [-0.2, 0) is 16.1 Å². The summed E-state index contributed by atoms with van der Waals surface area (Å²) in [5.74, 6) is 0.430. The topological polar surface area (TPSA) is 82.6 Å². The molecule has 2 saturated heterocycles. The number of hydrogen-bond donors (Lipinski definition) is 0. The molecule has 1 aromatic carbocycles. The fraction of sp³-hybridized carbons (Fsp3) is 0.333. The summed E-state index contributed by atoms with van der Waals surface area (Å²) in [6.45, 7) is 5.57. The van der Waals surface area contributed by atoms with Crippen LogP contribution in [0.2, 0.25) is 0 Å². The number of ether oxygens (including phenoxy) is 1. The largest absolute Gasteiger partial charge is 0.420 e. The summed E-state index contributed by atoms with van der Waals surface area (Å²) >= 11 is 6.60. The van der Waals surface area contributed by atoms with Crippen molar-refractivity contribution in [3.8, 4) is 6.07 Å². The number of thiocarbonyl (C=S) groups is 1. The molecule has 2 aliphatic heterocycles. The molecule has 0 spiro atoms. The zero-order valence-corrected chi connectivity index (χ0v) is 18.2. The minimum atomic E-state index is -0.194. The summed E-state index contributed by atoms with van der Waals surface area (Å²) in [7, 11) is 0. The third-order valence-electron chi connectivity index (χ3n) is 4.75. The Labute approximate surface area is 184 Å². The fourth-order valence-corrected chi connectivity index (χ4v) is 4.76. The molecule has 2 unspecified atom stereocenters. The van der Waals surface area contributed by atoms with Crippen molar-refractivity contribution in [1.29, 1.82) is 5.26 Å². The number of carbonyl (C=O) groups is 1. The molecule has 30 heavy (non-hydrogen) atoms. The molecule has 1 aromatic heterocycles. The number of nitriles is 1. The molecule has 4 rings (SSSR count). The summed E-state index contributed by atoms with van der Waals surface area (Å²) in [6, 6.07) is 11.8. The number of benzene rings is 1. The number of carbonyl (C=O) groups excluding carboxylic acids is 1. The lowest BCUT2D eigenvalue weighted by Gasteiger charge is -2.34. The van der Waals surface area contributed by atoms with Crippen LogP contribution in [0.15, 0.2) is 39.7 Å². The molecule has 154 valence electrons. The van der Waals surface area contributed by atoms with E-state index in [9.17, 15) is 10.1 Å². The van der Waals surface area contributed by atoms with Crippen molar-refractivity contribution in [1.82, 2.24) is 9.88 Å². The van der Waals surface area contributed by atoms with Gasteiger partial charge in [0, 0.05) is 19.2 Å². The highest BCUT2D eigenvalue weighted by molar-refractivity contribution is 8.26. The van der Waals surface area contributed by atoms with Gasteiger partial charge in [0.25, 0.3) is 5.91 Å². The molecule has 0 saturated carbocycles. The van der Waals surface area contributed by atoms with Gasteiger partial charge in [0.05, 0.1) is 23.7 Å². The molecular weight excluding hydrogens is 420 g/mol. The molecule has 2 aliphatic rings. The molecule has 0 bridgehead atoms. The van der Waals surface area contributed by atoms with Crippen LogP contribution in [-0.4, -0.2) is 45.4 Å². The maximum atomic E-state index is 12.9. The quantitative estimate of drug-likeness (QED) is 0.527. The van der Waals surface area contributed by atoms with Gasteiger partial charge in [-0.15, -0.1) is 0 Å². The number of amides is 1. The molecule has 0 radical (unpaired) electrons. The number of oxazole rings is 1. The number of anilines is 1. The lowest BCUT2D eigenvalue weighted by Crippen LogP contribution is -2.45. The molecule has 9 heteroatoms. The molecule has 1 amide bonds. The van der Waals surface area contributed by atoms with E-state index in [1.807, 2.05) is 49.1 Å². The van der Waals surface area contributed by atoms with Crippen LogP contribution in [0.3, 0.4) is 0 Å². The minimum absolute atomic E-state index is 0.0167. The lowest BCUT2D eigenvalue weighted by atomic mass is 10.2. The maximum absolute atomic E-state index is 12.9. The SMILES string of the molecule is CC1CN(c2oc(/C=C3/SC(=S)N(Cc4ccccc4)C3=O)nc2C#N)CC(C)O1. The lowest BCUT2D eigenvalue weighted by molar-refractivity contribution is -0.122. The van der Waals surface area contributed by atoms with Gasteiger partial charge in [-0.2, -0.15) is 10.2 Å². The average molecular weight is 441 g/mol. The van der Waals surface area contributed by atoms with E-state index in [0.717, 1.165) is 5.56 Å². The van der Waals surface area contributed by atoms with Gasteiger partial charge in [-0.05, 0) is 19.4 Å². The van der Waals surface area contributed by atoms with Gasteiger partial charge in [-0.3, -0.25) is 9.69 Å². The first-order chi connectivity index (χ1) is 14.4. The number of aromatic nitrogens is 1. The Morgan fingerprint density at radius 2 is 2.00 bits per heavy atom. The highest BCUT2D eigenvalue weighted by atomic mass is 32.2. The van der Waals surface area contributed by atoms with Gasteiger partial charge in [0.1, 0.15) is 10.4 Å². The number of rotatable bonds is 4. The maximum Gasteiger partial charge on any atom is 0.266 e. The van der Waals surface area contributed by atoms with Crippen LogP contribution < -0.4 is 4.90 Å². The number of hydrogen-bond acceptors (Lipinski definition) is 8. The molecule has 3 heterocycles. The second-order valence-electron chi connectivity index (χ2n) is 7.23. The Morgan fingerprint density at radius 3 is 2.67 bits per heavy atom. The summed E-state index contributed by atoms with van der Waals surface area (Å²) in [5, 5.41) is 9.50. The van der Waals surface area contributed by atoms with Gasteiger partial charge in [-0.1, -0.05) is 54.3 Å². The van der Waals surface area contributed by atoms with E-state index in [0.29, 0.717) is 34.7 Å². The molecule has 2 aromatic rings.